The lowest BCUT2D eigenvalue weighted by atomic mass is 10.1. The first kappa shape index (κ1) is 18.6. The van der Waals surface area contributed by atoms with Crippen LogP contribution in [0.1, 0.15) is 34.2 Å². The fraction of sp³-hybridized carbons (Fsp3) is 0.227. The zero-order valence-corrected chi connectivity index (χ0v) is 15.7. The lowest BCUT2D eigenvalue weighted by Crippen LogP contribution is -2.27. The lowest BCUT2D eigenvalue weighted by molar-refractivity contribution is 0.0949. The van der Waals surface area contributed by atoms with Crippen molar-refractivity contribution in [1.82, 2.24) is 15.3 Å². The monoisotopic (exact) mass is 360 g/mol. The van der Waals surface area contributed by atoms with Gasteiger partial charge < -0.3 is 10.6 Å². The Balaban J connectivity index is 1.68. The van der Waals surface area contributed by atoms with Gasteiger partial charge in [0, 0.05) is 17.9 Å². The quantitative estimate of drug-likeness (QED) is 0.667. The van der Waals surface area contributed by atoms with Crippen molar-refractivity contribution in [2.75, 3.05) is 11.9 Å². The SMILES string of the molecule is CCc1ccccc1Nc1nc(C)cc(C(=O)NCCc2ccccc2)n1. The van der Waals surface area contributed by atoms with Crippen LogP contribution in [0.4, 0.5) is 11.6 Å². The number of nitrogens with zero attached hydrogens (tertiary/aromatic N) is 2. The number of benzene rings is 2. The number of hydrogen-bond donors (Lipinski definition) is 2. The summed E-state index contributed by atoms with van der Waals surface area (Å²) in [6.45, 7) is 4.52. The number of aromatic nitrogens is 2. The number of para-hydroxylation sites is 1. The second-order valence-electron chi connectivity index (χ2n) is 6.35. The van der Waals surface area contributed by atoms with Crippen LogP contribution in [0.3, 0.4) is 0 Å². The fourth-order valence-corrected chi connectivity index (χ4v) is 2.87. The molecule has 138 valence electrons. The highest BCUT2D eigenvalue weighted by atomic mass is 16.1. The van der Waals surface area contributed by atoms with Crippen molar-refractivity contribution < 1.29 is 4.79 Å². The van der Waals surface area contributed by atoms with Gasteiger partial charge >= 0.3 is 0 Å². The molecular formula is C22H24N4O. The number of aryl methyl sites for hydroxylation is 2. The molecule has 0 aliphatic carbocycles. The summed E-state index contributed by atoms with van der Waals surface area (Å²) >= 11 is 0. The Labute approximate surface area is 159 Å². The predicted octanol–water partition coefficient (Wildman–Crippen LogP) is 4.06. The first-order valence-corrected chi connectivity index (χ1v) is 9.18. The van der Waals surface area contributed by atoms with Crippen LogP contribution in [0.5, 0.6) is 0 Å². The first-order valence-electron chi connectivity index (χ1n) is 9.18. The van der Waals surface area contributed by atoms with Crippen molar-refractivity contribution in [3.05, 3.63) is 83.2 Å². The molecule has 1 heterocycles. The van der Waals surface area contributed by atoms with E-state index >= 15 is 0 Å². The van der Waals surface area contributed by atoms with Crippen LogP contribution in [0.15, 0.2) is 60.7 Å². The number of amides is 1. The molecule has 0 spiro atoms. The van der Waals surface area contributed by atoms with Crippen molar-refractivity contribution in [3.8, 4) is 0 Å². The molecule has 0 atom stereocenters. The molecule has 2 N–H and O–H groups in total. The molecular weight excluding hydrogens is 336 g/mol. The fourth-order valence-electron chi connectivity index (χ4n) is 2.87. The molecule has 0 radical (unpaired) electrons. The van der Waals surface area contributed by atoms with E-state index in [9.17, 15) is 4.79 Å². The van der Waals surface area contributed by atoms with Gasteiger partial charge in [-0.05, 0) is 43.0 Å². The van der Waals surface area contributed by atoms with Crippen molar-refractivity contribution >= 4 is 17.5 Å². The molecule has 0 aliphatic rings. The maximum atomic E-state index is 12.5. The molecule has 0 unspecified atom stereocenters. The number of carbonyl (C=O) groups is 1. The second kappa shape index (κ2) is 8.94. The predicted molar refractivity (Wildman–Crippen MR) is 108 cm³/mol. The number of nitrogens with one attached hydrogen (secondary N) is 2. The van der Waals surface area contributed by atoms with Crippen LogP contribution >= 0.6 is 0 Å². The molecule has 5 heteroatoms. The van der Waals surface area contributed by atoms with Crippen molar-refractivity contribution in [2.24, 2.45) is 0 Å². The minimum absolute atomic E-state index is 0.191. The number of anilines is 2. The molecule has 1 amide bonds. The standard InChI is InChI=1S/C22H24N4O/c1-3-18-11-7-8-12-19(18)25-22-24-16(2)15-20(26-22)21(27)23-14-13-17-9-5-4-6-10-17/h4-12,15H,3,13-14H2,1-2H3,(H,23,27)(H,24,25,26). The Bertz CT molecular complexity index is 909. The van der Waals surface area contributed by atoms with Crippen LogP contribution < -0.4 is 10.6 Å². The Hall–Kier alpha value is -3.21. The van der Waals surface area contributed by atoms with E-state index in [-0.39, 0.29) is 5.91 Å². The molecule has 0 saturated carbocycles. The Morgan fingerprint density at radius 2 is 1.74 bits per heavy atom. The van der Waals surface area contributed by atoms with E-state index in [1.54, 1.807) is 6.07 Å². The highest BCUT2D eigenvalue weighted by molar-refractivity contribution is 5.92. The molecule has 5 nitrogen and oxygen atoms in total. The molecule has 0 fully saturated rings. The topological polar surface area (TPSA) is 66.9 Å². The molecule has 3 aromatic rings. The number of carbonyl (C=O) groups excluding carboxylic acids is 1. The Morgan fingerprint density at radius 1 is 1.00 bits per heavy atom. The van der Waals surface area contributed by atoms with Crippen molar-refractivity contribution in [1.29, 1.82) is 0 Å². The number of hydrogen-bond acceptors (Lipinski definition) is 4. The number of rotatable bonds is 7. The summed E-state index contributed by atoms with van der Waals surface area (Å²) < 4.78 is 0. The van der Waals surface area contributed by atoms with Gasteiger partial charge in [0.2, 0.25) is 5.95 Å². The van der Waals surface area contributed by atoms with Crippen LogP contribution in [0.25, 0.3) is 0 Å². The minimum atomic E-state index is -0.191. The maximum absolute atomic E-state index is 12.5. The summed E-state index contributed by atoms with van der Waals surface area (Å²) in [7, 11) is 0. The third-order valence-corrected chi connectivity index (χ3v) is 4.27. The molecule has 0 bridgehead atoms. The first-order chi connectivity index (χ1) is 13.2. The van der Waals surface area contributed by atoms with E-state index < -0.39 is 0 Å². The summed E-state index contributed by atoms with van der Waals surface area (Å²) in [5.41, 5.74) is 4.44. The highest BCUT2D eigenvalue weighted by Crippen LogP contribution is 2.19. The summed E-state index contributed by atoms with van der Waals surface area (Å²) in [6.07, 6.45) is 1.69. The van der Waals surface area contributed by atoms with Crippen molar-refractivity contribution in [3.63, 3.8) is 0 Å². The summed E-state index contributed by atoms with van der Waals surface area (Å²) in [5, 5.41) is 6.17. The van der Waals surface area contributed by atoms with E-state index in [0.29, 0.717) is 18.2 Å². The minimum Gasteiger partial charge on any atom is -0.350 e. The van der Waals surface area contributed by atoms with Crippen LogP contribution in [-0.4, -0.2) is 22.4 Å². The highest BCUT2D eigenvalue weighted by Gasteiger charge is 2.11. The van der Waals surface area contributed by atoms with E-state index in [1.807, 2.05) is 55.5 Å². The maximum Gasteiger partial charge on any atom is 0.270 e. The molecule has 0 aliphatic heterocycles. The van der Waals surface area contributed by atoms with Gasteiger partial charge in [-0.1, -0.05) is 55.5 Å². The summed E-state index contributed by atoms with van der Waals surface area (Å²) in [5.74, 6) is 0.243. The third kappa shape index (κ3) is 5.14. The molecule has 3 rings (SSSR count). The van der Waals surface area contributed by atoms with E-state index in [0.717, 1.165) is 24.2 Å². The Kier molecular flexibility index (Phi) is 6.15. The van der Waals surface area contributed by atoms with Crippen LogP contribution in [0.2, 0.25) is 0 Å². The van der Waals surface area contributed by atoms with Crippen molar-refractivity contribution in [2.45, 2.75) is 26.7 Å². The van der Waals surface area contributed by atoms with E-state index in [1.165, 1.54) is 11.1 Å². The second-order valence-corrected chi connectivity index (χ2v) is 6.35. The average molecular weight is 360 g/mol. The van der Waals surface area contributed by atoms with Crippen LogP contribution in [0, 0.1) is 6.92 Å². The molecule has 2 aromatic carbocycles. The largest absolute Gasteiger partial charge is 0.350 e. The van der Waals surface area contributed by atoms with Gasteiger partial charge in [-0.15, -0.1) is 0 Å². The smallest absolute Gasteiger partial charge is 0.270 e. The van der Waals surface area contributed by atoms with Crippen LogP contribution in [-0.2, 0) is 12.8 Å². The third-order valence-electron chi connectivity index (χ3n) is 4.27. The van der Waals surface area contributed by atoms with E-state index in [4.69, 9.17) is 0 Å². The van der Waals surface area contributed by atoms with Gasteiger partial charge in [0.05, 0.1) is 0 Å². The van der Waals surface area contributed by atoms with Gasteiger partial charge in [0.1, 0.15) is 5.69 Å². The molecule has 1 aromatic heterocycles. The van der Waals surface area contributed by atoms with E-state index in [2.05, 4.69) is 33.6 Å². The van der Waals surface area contributed by atoms with Gasteiger partial charge in [0.15, 0.2) is 0 Å². The Morgan fingerprint density at radius 3 is 2.52 bits per heavy atom. The summed E-state index contributed by atoms with van der Waals surface area (Å²) in [4.78, 5) is 21.3. The lowest BCUT2D eigenvalue weighted by Gasteiger charge is -2.11. The summed E-state index contributed by atoms with van der Waals surface area (Å²) in [6, 6.07) is 19.8. The average Bonchev–Trinajstić information content (AvgIpc) is 2.68. The van der Waals surface area contributed by atoms with Gasteiger partial charge in [-0.3, -0.25) is 4.79 Å². The normalized spacial score (nSPS) is 10.4. The zero-order chi connectivity index (χ0) is 19.1. The van der Waals surface area contributed by atoms with Gasteiger partial charge in [-0.2, -0.15) is 0 Å². The van der Waals surface area contributed by atoms with Gasteiger partial charge in [-0.25, -0.2) is 9.97 Å². The molecule has 27 heavy (non-hydrogen) atoms. The molecule has 0 saturated heterocycles. The zero-order valence-electron chi connectivity index (χ0n) is 15.7. The van der Waals surface area contributed by atoms with Gasteiger partial charge in [0.25, 0.3) is 5.91 Å².